The van der Waals surface area contributed by atoms with Gasteiger partial charge in [-0.2, -0.15) is 0 Å². The van der Waals surface area contributed by atoms with Crippen LogP contribution in [0.4, 0.5) is 8.78 Å². The van der Waals surface area contributed by atoms with Gasteiger partial charge >= 0.3 is 0 Å². The summed E-state index contributed by atoms with van der Waals surface area (Å²) in [6.45, 7) is 8.82. The molecule has 0 aromatic heterocycles. The van der Waals surface area contributed by atoms with Crippen molar-refractivity contribution in [1.82, 2.24) is 10.2 Å². The van der Waals surface area contributed by atoms with Crippen LogP contribution < -0.4 is 5.32 Å². The van der Waals surface area contributed by atoms with Gasteiger partial charge in [0.05, 0.1) is 6.04 Å². The molecule has 0 bridgehead atoms. The molecule has 0 radical (unpaired) electrons. The highest BCUT2D eigenvalue weighted by molar-refractivity contribution is 6.00. The first-order valence-corrected chi connectivity index (χ1v) is 9.93. The van der Waals surface area contributed by atoms with Crippen LogP contribution in [0.5, 0.6) is 0 Å². The third kappa shape index (κ3) is 6.11. The summed E-state index contributed by atoms with van der Waals surface area (Å²) in [6.07, 6.45) is 1.71. The molecule has 0 heterocycles. The van der Waals surface area contributed by atoms with Crippen molar-refractivity contribution in [3.8, 4) is 0 Å². The Kier molecular flexibility index (Phi) is 7.88. The lowest BCUT2D eigenvalue weighted by atomic mass is 10.0. The van der Waals surface area contributed by atoms with Crippen molar-refractivity contribution < 1.29 is 18.4 Å². The second kappa shape index (κ2) is 10.1. The predicted molar refractivity (Wildman–Crippen MR) is 110 cm³/mol. The van der Waals surface area contributed by atoms with Gasteiger partial charge in [0.2, 0.25) is 0 Å². The van der Waals surface area contributed by atoms with Crippen LogP contribution in [0, 0.1) is 18.6 Å². The number of nitrogens with zero attached hydrogens (tertiary/aromatic N) is 1. The van der Waals surface area contributed by atoms with Gasteiger partial charge in [-0.05, 0) is 68.1 Å². The highest BCUT2D eigenvalue weighted by Crippen LogP contribution is 2.18. The molecule has 0 saturated heterocycles. The lowest BCUT2D eigenvalue weighted by molar-refractivity contribution is 0.0755. The van der Waals surface area contributed by atoms with E-state index in [0.29, 0.717) is 29.8 Å². The average Bonchev–Trinajstić information content (AvgIpc) is 2.66. The zero-order valence-electron chi connectivity index (χ0n) is 17.4. The van der Waals surface area contributed by atoms with E-state index in [1.807, 2.05) is 20.8 Å². The first-order chi connectivity index (χ1) is 13.7. The Hall–Kier alpha value is -2.76. The Bertz CT molecular complexity index is 857. The SMILES string of the molecule is CCCN(CCC)C(=O)c1cc(C)cc(C(=O)NC(C)c2cc(F)cc(F)c2)c1. The van der Waals surface area contributed by atoms with E-state index in [0.717, 1.165) is 24.5 Å². The van der Waals surface area contributed by atoms with E-state index in [4.69, 9.17) is 0 Å². The van der Waals surface area contributed by atoms with Gasteiger partial charge in [0.25, 0.3) is 11.8 Å². The lowest BCUT2D eigenvalue weighted by Gasteiger charge is -2.22. The first kappa shape index (κ1) is 22.5. The highest BCUT2D eigenvalue weighted by atomic mass is 19.1. The second-order valence-corrected chi connectivity index (χ2v) is 7.28. The Morgan fingerprint density at radius 3 is 2.03 bits per heavy atom. The van der Waals surface area contributed by atoms with Crippen LogP contribution in [0.3, 0.4) is 0 Å². The van der Waals surface area contributed by atoms with Crippen LogP contribution >= 0.6 is 0 Å². The molecule has 1 atom stereocenters. The Labute approximate surface area is 170 Å². The lowest BCUT2D eigenvalue weighted by Crippen LogP contribution is -2.33. The van der Waals surface area contributed by atoms with Crippen molar-refractivity contribution in [2.24, 2.45) is 0 Å². The number of hydrogen-bond acceptors (Lipinski definition) is 2. The van der Waals surface area contributed by atoms with E-state index >= 15 is 0 Å². The number of aryl methyl sites for hydroxylation is 1. The number of benzene rings is 2. The smallest absolute Gasteiger partial charge is 0.253 e. The van der Waals surface area contributed by atoms with Crippen LogP contribution in [0.15, 0.2) is 36.4 Å². The van der Waals surface area contributed by atoms with Crippen molar-refractivity contribution >= 4 is 11.8 Å². The van der Waals surface area contributed by atoms with Crippen LogP contribution in [0.2, 0.25) is 0 Å². The summed E-state index contributed by atoms with van der Waals surface area (Å²) >= 11 is 0. The maximum absolute atomic E-state index is 13.4. The van der Waals surface area contributed by atoms with Crippen molar-refractivity contribution in [2.75, 3.05) is 13.1 Å². The Morgan fingerprint density at radius 1 is 0.931 bits per heavy atom. The summed E-state index contributed by atoms with van der Waals surface area (Å²) in [6, 6.07) is 7.59. The third-order valence-corrected chi connectivity index (χ3v) is 4.59. The number of carbonyl (C=O) groups excluding carboxylic acids is 2. The molecule has 2 aromatic rings. The fraction of sp³-hybridized carbons (Fsp3) is 0.391. The predicted octanol–water partition coefficient (Wildman–Crippen LogP) is 5.03. The molecule has 156 valence electrons. The monoisotopic (exact) mass is 402 g/mol. The minimum atomic E-state index is -0.698. The van der Waals surface area contributed by atoms with E-state index in [-0.39, 0.29) is 5.91 Å². The Balaban J connectivity index is 2.23. The van der Waals surface area contributed by atoms with Crippen LogP contribution in [0.1, 0.15) is 71.5 Å². The summed E-state index contributed by atoms with van der Waals surface area (Å²) in [5.74, 6) is -1.91. The topological polar surface area (TPSA) is 49.4 Å². The summed E-state index contributed by atoms with van der Waals surface area (Å²) in [7, 11) is 0. The van der Waals surface area contributed by atoms with Gasteiger partial charge in [0.15, 0.2) is 0 Å². The second-order valence-electron chi connectivity index (χ2n) is 7.28. The maximum atomic E-state index is 13.4. The molecule has 29 heavy (non-hydrogen) atoms. The molecule has 6 heteroatoms. The molecule has 0 saturated carbocycles. The molecule has 0 aliphatic rings. The highest BCUT2D eigenvalue weighted by Gasteiger charge is 2.18. The number of rotatable bonds is 8. The molecule has 2 rings (SSSR count). The van der Waals surface area contributed by atoms with Crippen molar-refractivity contribution in [3.05, 3.63) is 70.3 Å². The fourth-order valence-electron chi connectivity index (χ4n) is 3.26. The summed E-state index contributed by atoms with van der Waals surface area (Å²) < 4.78 is 26.9. The molecule has 2 aromatic carbocycles. The van der Waals surface area contributed by atoms with Gasteiger partial charge in [-0.3, -0.25) is 9.59 Å². The number of amides is 2. The standard InChI is InChI=1S/C23H28F2N2O2/c1-5-7-27(8-6-2)23(29)19-10-15(3)9-18(11-19)22(28)26-16(4)17-12-20(24)14-21(25)13-17/h9-14,16H,5-8H2,1-4H3,(H,26,28). The quantitative estimate of drug-likeness (QED) is 0.674. The molecule has 0 spiro atoms. The molecular weight excluding hydrogens is 374 g/mol. The molecule has 2 amide bonds. The first-order valence-electron chi connectivity index (χ1n) is 9.93. The van der Waals surface area contributed by atoms with Gasteiger partial charge in [-0.1, -0.05) is 13.8 Å². The average molecular weight is 402 g/mol. The molecule has 0 aliphatic carbocycles. The van der Waals surface area contributed by atoms with Gasteiger partial charge in [-0.15, -0.1) is 0 Å². The Morgan fingerprint density at radius 2 is 1.48 bits per heavy atom. The van der Waals surface area contributed by atoms with E-state index in [9.17, 15) is 18.4 Å². The molecule has 1 N–H and O–H groups in total. The molecule has 1 unspecified atom stereocenters. The third-order valence-electron chi connectivity index (χ3n) is 4.59. The van der Waals surface area contributed by atoms with Crippen molar-refractivity contribution in [1.29, 1.82) is 0 Å². The van der Waals surface area contributed by atoms with Crippen LogP contribution in [0.25, 0.3) is 0 Å². The number of halogens is 2. The van der Waals surface area contributed by atoms with Crippen molar-refractivity contribution in [2.45, 2.75) is 46.6 Å². The molecular formula is C23H28F2N2O2. The van der Waals surface area contributed by atoms with Crippen molar-refractivity contribution in [3.63, 3.8) is 0 Å². The summed E-state index contributed by atoms with van der Waals surface area (Å²) in [5, 5.41) is 2.74. The molecule has 0 aliphatic heterocycles. The minimum absolute atomic E-state index is 0.105. The zero-order valence-corrected chi connectivity index (χ0v) is 17.4. The van der Waals surface area contributed by atoms with Gasteiger partial charge in [0, 0.05) is 30.3 Å². The number of hydrogen-bond donors (Lipinski definition) is 1. The molecule has 0 fully saturated rings. The van der Waals surface area contributed by atoms with Gasteiger partial charge in [0.1, 0.15) is 11.6 Å². The maximum Gasteiger partial charge on any atom is 0.253 e. The van der Waals surface area contributed by atoms with Crippen LogP contribution in [-0.4, -0.2) is 29.8 Å². The number of carbonyl (C=O) groups is 2. The number of nitrogens with one attached hydrogen (secondary N) is 1. The van der Waals surface area contributed by atoms with E-state index in [1.54, 1.807) is 30.0 Å². The minimum Gasteiger partial charge on any atom is -0.346 e. The summed E-state index contributed by atoms with van der Waals surface area (Å²) in [5.41, 5.74) is 1.92. The largest absolute Gasteiger partial charge is 0.346 e. The van der Waals surface area contributed by atoms with E-state index in [2.05, 4.69) is 5.32 Å². The van der Waals surface area contributed by atoms with E-state index in [1.165, 1.54) is 12.1 Å². The fourth-order valence-corrected chi connectivity index (χ4v) is 3.26. The van der Waals surface area contributed by atoms with E-state index < -0.39 is 23.6 Å². The van der Waals surface area contributed by atoms with Crippen LogP contribution in [-0.2, 0) is 0 Å². The molecule has 4 nitrogen and oxygen atoms in total. The van der Waals surface area contributed by atoms with Gasteiger partial charge in [-0.25, -0.2) is 8.78 Å². The summed E-state index contributed by atoms with van der Waals surface area (Å²) in [4.78, 5) is 27.4. The zero-order chi connectivity index (χ0) is 21.6. The van der Waals surface area contributed by atoms with Gasteiger partial charge < -0.3 is 10.2 Å². The normalized spacial score (nSPS) is 11.8.